The molecule has 1 saturated heterocycles. The predicted molar refractivity (Wildman–Crippen MR) is 132 cm³/mol. The van der Waals surface area contributed by atoms with Crippen LogP contribution in [0.5, 0.6) is 5.75 Å². The lowest BCUT2D eigenvalue weighted by Gasteiger charge is -2.32. The summed E-state index contributed by atoms with van der Waals surface area (Å²) in [6, 6.07) is 13.5. The highest BCUT2D eigenvalue weighted by atomic mass is 16.5. The highest BCUT2D eigenvalue weighted by Crippen LogP contribution is 2.28. The first kappa shape index (κ1) is 22.8. The minimum absolute atomic E-state index is 0.0859. The van der Waals surface area contributed by atoms with Crippen LogP contribution in [0.25, 0.3) is 11.2 Å². The Morgan fingerprint density at radius 2 is 2.03 bits per heavy atom. The van der Waals surface area contributed by atoms with Gasteiger partial charge < -0.3 is 14.6 Å². The number of para-hydroxylation sites is 1. The molecule has 5 rings (SSSR count). The first-order valence-electron chi connectivity index (χ1n) is 11.8. The molecule has 4 aromatic rings. The molecule has 1 N–H and O–H groups in total. The molecule has 2 aromatic carbocycles. The Bertz CT molecular complexity index is 1460. The molecule has 1 aliphatic heterocycles. The van der Waals surface area contributed by atoms with Gasteiger partial charge in [-0.3, -0.25) is 9.59 Å². The number of benzene rings is 2. The fraction of sp³-hybridized carbons (Fsp3) is 0.346. The van der Waals surface area contributed by atoms with E-state index in [9.17, 15) is 9.59 Å². The number of carbonyl (C=O) groups excluding carboxylic acids is 1. The summed E-state index contributed by atoms with van der Waals surface area (Å²) in [5.74, 6) is 0.930. The molecule has 0 aliphatic carbocycles. The quantitative estimate of drug-likeness (QED) is 0.478. The third-order valence-electron chi connectivity index (χ3n) is 6.65. The van der Waals surface area contributed by atoms with Crippen LogP contribution in [0.1, 0.15) is 51.6 Å². The first-order valence-corrected chi connectivity index (χ1v) is 11.8. The number of H-pyrrole nitrogens is 1. The molecule has 1 aliphatic rings. The number of aromatic amines is 1. The van der Waals surface area contributed by atoms with Crippen LogP contribution in [-0.4, -0.2) is 56.0 Å². The van der Waals surface area contributed by atoms with Gasteiger partial charge in [-0.05, 0) is 49.9 Å². The van der Waals surface area contributed by atoms with E-state index in [1.807, 2.05) is 24.0 Å². The van der Waals surface area contributed by atoms with Crippen molar-refractivity contribution < 1.29 is 9.53 Å². The smallest absolute Gasteiger partial charge is 0.281 e. The number of nitrogens with one attached hydrogen (secondary N) is 1. The largest absolute Gasteiger partial charge is 0.496 e. The van der Waals surface area contributed by atoms with Crippen molar-refractivity contribution in [3.05, 3.63) is 80.9 Å². The maximum atomic E-state index is 13.2. The SMILES string of the molecule is COc1ccccc1C(=O)N1CCC[C@H](c2nc3c(nnn3Cc3cc(C)ccc3C)c(=O)[nH]2)C1. The number of likely N-dealkylation sites (tertiary alicyclic amines) is 1. The molecule has 2 aromatic heterocycles. The van der Waals surface area contributed by atoms with E-state index in [-0.39, 0.29) is 22.9 Å². The Morgan fingerprint density at radius 3 is 2.86 bits per heavy atom. The van der Waals surface area contributed by atoms with Gasteiger partial charge in [0.15, 0.2) is 11.2 Å². The van der Waals surface area contributed by atoms with Gasteiger partial charge in [0, 0.05) is 19.0 Å². The van der Waals surface area contributed by atoms with Crippen LogP contribution in [0, 0.1) is 13.8 Å². The summed E-state index contributed by atoms with van der Waals surface area (Å²) in [5.41, 5.74) is 4.29. The van der Waals surface area contributed by atoms with Gasteiger partial charge in [-0.1, -0.05) is 41.1 Å². The van der Waals surface area contributed by atoms with Crippen LogP contribution < -0.4 is 10.3 Å². The van der Waals surface area contributed by atoms with Crippen molar-refractivity contribution in [1.29, 1.82) is 0 Å². The number of piperidine rings is 1. The van der Waals surface area contributed by atoms with E-state index in [0.717, 1.165) is 29.5 Å². The molecule has 0 unspecified atom stereocenters. The number of nitrogens with zero attached hydrogens (tertiary/aromatic N) is 5. The Balaban J connectivity index is 1.44. The van der Waals surface area contributed by atoms with Crippen LogP contribution in [0.3, 0.4) is 0 Å². The van der Waals surface area contributed by atoms with Crippen molar-refractivity contribution in [2.75, 3.05) is 20.2 Å². The maximum absolute atomic E-state index is 13.2. The second kappa shape index (κ2) is 9.32. The van der Waals surface area contributed by atoms with Crippen molar-refractivity contribution >= 4 is 17.1 Å². The minimum Gasteiger partial charge on any atom is -0.496 e. The zero-order valence-electron chi connectivity index (χ0n) is 20.1. The van der Waals surface area contributed by atoms with Crippen LogP contribution >= 0.6 is 0 Å². The fourth-order valence-electron chi connectivity index (χ4n) is 4.69. The molecule has 0 bridgehead atoms. The number of hydrogen-bond donors (Lipinski definition) is 1. The normalized spacial score (nSPS) is 16.0. The Hall–Kier alpha value is -4.01. The third-order valence-corrected chi connectivity index (χ3v) is 6.65. The number of amides is 1. The third kappa shape index (κ3) is 4.41. The summed E-state index contributed by atoms with van der Waals surface area (Å²) < 4.78 is 7.05. The number of methoxy groups -OCH3 is 1. The second-order valence-electron chi connectivity index (χ2n) is 9.09. The van der Waals surface area contributed by atoms with Crippen molar-refractivity contribution in [2.45, 2.75) is 39.2 Å². The molecule has 9 heteroatoms. The zero-order valence-corrected chi connectivity index (χ0v) is 20.1. The number of hydrogen-bond acceptors (Lipinski definition) is 6. The van der Waals surface area contributed by atoms with Gasteiger partial charge in [-0.2, -0.15) is 0 Å². The highest BCUT2D eigenvalue weighted by molar-refractivity contribution is 5.97. The predicted octanol–water partition coefficient (Wildman–Crippen LogP) is 3.21. The number of rotatable bonds is 5. The van der Waals surface area contributed by atoms with E-state index in [4.69, 9.17) is 9.72 Å². The molecule has 35 heavy (non-hydrogen) atoms. The fourth-order valence-corrected chi connectivity index (χ4v) is 4.69. The number of aryl methyl sites for hydroxylation is 2. The molecule has 1 atom stereocenters. The van der Waals surface area contributed by atoms with Crippen molar-refractivity contribution in [3.63, 3.8) is 0 Å². The zero-order chi connectivity index (χ0) is 24.5. The standard InChI is InChI=1S/C26H28N6O3/c1-16-10-11-17(2)19(13-16)15-32-24-22(29-30-32)25(33)28-23(27-24)18-7-6-12-31(14-18)26(34)20-8-4-5-9-21(20)35-3/h4-5,8-11,13,18H,6-7,12,14-15H2,1-3H3,(H,27,28,33)/t18-/m0/s1. The summed E-state index contributed by atoms with van der Waals surface area (Å²) in [6.07, 6.45) is 1.63. The summed E-state index contributed by atoms with van der Waals surface area (Å²) in [6.45, 7) is 5.68. The van der Waals surface area contributed by atoms with Crippen LogP contribution in [0.2, 0.25) is 0 Å². The van der Waals surface area contributed by atoms with Gasteiger partial charge in [0.05, 0.1) is 19.2 Å². The maximum Gasteiger partial charge on any atom is 0.281 e. The summed E-state index contributed by atoms with van der Waals surface area (Å²) in [4.78, 5) is 35.6. The van der Waals surface area contributed by atoms with Crippen LogP contribution in [-0.2, 0) is 6.54 Å². The molecule has 1 amide bonds. The minimum atomic E-state index is -0.314. The molecule has 180 valence electrons. The molecule has 0 spiro atoms. The van der Waals surface area contributed by atoms with Gasteiger partial charge in [-0.25, -0.2) is 9.67 Å². The molecular weight excluding hydrogens is 444 g/mol. The van der Waals surface area contributed by atoms with Gasteiger partial charge >= 0.3 is 0 Å². The number of aromatic nitrogens is 5. The van der Waals surface area contributed by atoms with E-state index in [1.54, 1.807) is 23.9 Å². The average molecular weight is 473 g/mol. The molecule has 0 radical (unpaired) electrons. The van der Waals surface area contributed by atoms with E-state index < -0.39 is 0 Å². The number of fused-ring (bicyclic) bond motifs is 1. The lowest BCUT2D eigenvalue weighted by molar-refractivity contribution is 0.0701. The molecular formula is C26H28N6O3. The lowest BCUT2D eigenvalue weighted by atomic mass is 9.96. The van der Waals surface area contributed by atoms with E-state index in [2.05, 4.69) is 40.4 Å². The van der Waals surface area contributed by atoms with E-state index in [1.165, 1.54) is 0 Å². The first-order chi connectivity index (χ1) is 16.9. The second-order valence-corrected chi connectivity index (χ2v) is 9.09. The number of ether oxygens (including phenoxy) is 1. The Kier molecular flexibility index (Phi) is 6.07. The average Bonchev–Trinajstić information content (AvgIpc) is 3.29. The summed E-state index contributed by atoms with van der Waals surface area (Å²) in [5, 5.41) is 8.30. The van der Waals surface area contributed by atoms with E-state index in [0.29, 0.717) is 42.4 Å². The molecule has 0 saturated carbocycles. The van der Waals surface area contributed by atoms with Crippen molar-refractivity contribution in [1.82, 2.24) is 29.9 Å². The summed E-state index contributed by atoms with van der Waals surface area (Å²) >= 11 is 0. The lowest BCUT2D eigenvalue weighted by Crippen LogP contribution is -2.40. The topological polar surface area (TPSA) is 106 Å². The van der Waals surface area contributed by atoms with Crippen LogP contribution in [0.15, 0.2) is 47.3 Å². The molecule has 9 nitrogen and oxygen atoms in total. The van der Waals surface area contributed by atoms with Crippen molar-refractivity contribution in [2.24, 2.45) is 0 Å². The monoisotopic (exact) mass is 472 g/mol. The van der Waals surface area contributed by atoms with Gasteiger partial charge in [0.1, 0.15) is 11.6 Å². The van der Waals surface area contributed by atoms with Gasteiger partial charge in [0.25, 0.3) is 11.5 Å². The van der Waals surface area contributed by atoms with Crippen LogP contribution in [0.4, 0.5) is 0 Å². The summed E-state index contributed by atoms with van der Waals surface area (Å²) in [7, 11) is 1.56. The van der Waals surface area contributed by atoms with Gasteiger partial charge in [-0.15, -0.1) is 5.10 Å². The Morgan fingerprint density at radius 1 is 1.20 bits per heavy atom. The van der Waals surface area contributed by atoms with Crippen molar-refractivity contribution in [3.8, 4) is 5.75 Å². The Labute approximate surface area is 202 Å². The molecule has 1 fully saturated rings. The van der Waals surface area contributed by atoms with E-state index >= 15 is 0 Å². The van der Waals surface area contributed by atoms with Gasteiger partial charge in [0.2, 0.25) is 0 Å². The number of carbonyl (C=O) groups is 1. The highest BCUT2D eigenvalue weighted by Gasteiger charge is 2.29. The molecule has 3 heterocycles.